The summed E-state index contributed by atoms with van der Waals surface area (Å²) in [4.78, 5) is 0. The van der Waals surface area contributed by atoms with Gasteiger partial charge >= 0.3 is 0 Å². The topological polar surface area (TPSA) is 60.7 Å². The molecule has 0 radical (unpaired) electrons. The molecule has 30 heavy (non-hydrogen) atoms. The monoisotopic (exact) mass is 418 g/mol. The first kappa shape index (κ1) is 22.8. The van der Waals surface area contributed by atoms with Crippen molar-refractivity contribution in [3.05, 3.63) is 11.6 Å². The molecule has 3 fully saturated rings. The Balaban J connectivity index is 1.52. The first-order chi connectivity index (χ1) is 14.0. The molecule has 0 amide bonds. The van der Waals surface area contributed by atoms with Gasteiger partial charge in [-0.15, -0.1) is 0 Å². The maximum absolute atomic E-state index is 10.5. The molecule has 3 N–H and O–H groups in total. The van der Waals surface area contributed by atoms with Gasteiger partial charge in [0.25, 0.3) is 0 Å². The molecule has 0 spiro atoms. The first-order valence-electron chi connectivity index (χ1n) is 12.8. The molecule has 172 valence electrons. The summed E-state index contributed by atoms with van der Waals surface area (Å²) in [6.07, 6.45) is 12.5. The van der Waals surface area contributed by atoms with Gasteiger partial charge < -0.3 is 15.3 Å². The van der Waals surface area contributed by atoms with Crippen LogP contribution in [0.15, 0.2) is 11.6 Å². The molecule has 0 saturated heterocycles. The van der Waals surface area contributed by atoms with Gasteiger partial charge in [0.2, 0.25) is 0 Å². The Morgan fingerprint density at radius 1 is 1.03 bits per heavy atom. The lowest BCUT2D eigenvalue weighted by molar-refractivity contribution is -0.248. The Labute approximate surface area is 184 Å². The summed E-state index contributed by atoms with van der Waals surface area (Å²) in [5, 5.41) is 31.0. The minimum Gasteiger partial charge on any atom is -0.387 e. The second kappa shape index (κ2) is 7.89. The average Bonchev–Trinajstić information content (AvgIpc) is 3.00. The molecule has 8 atom stereocenters. The molecule has 4 aliphatic carbocycles. The van der Waals surface area contributed by atoms with Gasteiger partial charge in [-0.3, -0.25) is 0 Å². The van der Waals surface area contributed by atoms with Crippen molar-refractivity contribution < 1.29 is 15.3 Å². The Morgan fingerprint density at radius 3 is 2.47 bits per heavy atom. The van der Waals surface area contributed by atoms with E-state index >= 15 is 0 Å². The standard InChI is InChI=1S/C27H46O3/c1-17(2)7-6-8-18(3)21-11-12-22-20-10-9-19-15-27(29,30)24(28)16-26(19,5)23(20)13-14-25(21,22)4/h9,17-18,20-24,28-30H,6-8,10-16H2,1-5H3/t18-,20+,21-,22+,23+,24?,25-,26+/m1/s1. The van der Waals surface area contributed by atoms with E-state index in [4.69, 9.17) is 0 Å². The molecular weight excluding hydrogens is 372 g/mol. The van der Waals surface area contributed by atoms with Crippen LogP contribution in [0.25, 0.3) is 0 Å². The molecule has 0 aromatic heterocycles. The maximum Gasteiger partial charge on any atom is 0.193 e. The number of hydrogen-bond donors (Lipinski definition) is 3. The Hall–Kier alpha value is -0.380. The van der Waals surface area contributed by atoms with Gasteiger partial charge in [0, 0.05) is 6.42 Å². The zero-order valence-corrected chi connectivity index (χ0v) is 20.0. The van der Waals surface area contributed by atoms with Gasteiger partial charge in [-0.05, 0) is 84.9 Å². The van der Waals surface area contributed by atoms with Crippen molar-refractivity contribution in [2.45, 2.75) is 111 Å². The highest BCUT2D eigenvalue weighted by Crippen LogP contribution is 2.67. The zero-order chi connectivity index (χ0) is 21.9. The van der Waals surface area contributed by atoms with Crippen LogP contribution in [0.4, 0.5) is 0 Å². The minimum absolute atomic E-state index is 0.0699. The molecular formula is C27H46O3. The third-order valence-corrected chi connectivity index (χ3v) is 10.4. The Bertz CT molecular complexity index is 667. The van der Waals surface area contributed by atoms with Gasteiger partial charge in [-0.2, -0.15) is 0 Å². The van der Waals surface area contributed by atoms with Gasteiger partial charge in [0.05, 0.1) is 0 Å². The SMILES string of the molecule is CC(C)CCC[C@@H](C)[C@H]1CC[C@H]2[C@@H]3CC=C4CC(O)(O)C(O)C[C@]4(C)[C@H]3CC[C@]12C. The summed E-state index contributed by atoms with van der Waals surface area (Å²) in [5.41, 5.74) is 1.59. The van der Waals surface area contributed by atoms with Crippen molar-refractivity contribution in [1.29, 1.82) is 0 Å². The fourth-order valence-electron chi connectivity index (χ4n) is 8.70. The lowest BCUT2D eigenvalue weighted by Crippen LogP contribution is -2.57. The number of aliphatic hydroxyl groups excluding tert-OH is 1. The normalized spacial score (nSPS) is 46.0. The maximum atomic E-state index is 10.5. The minimum atomic E-state index is -1.95. The highest BCUT2D eigenvalue weighted by Gasteiger charge is 2.61. The number of allylic oxidation sites excluding steroid dienone is 1. The average molecular weight is 419 g/mol. The first-order valence-corrected chi connectivity index (χ1v) is 12.8. The van der Waals surface area contributed by atoms with Crippen molar-refractivity contribution >= 4 is 0 Å². The molecule has 0 aromatic rings. The van der Waals surface area contributed by atoms with Crippen LogP contribution in [-0.2, 0) is 0 Å². The third kappa shape index (κ3) is 3.61. The van der Waals surface area contributed by atoms with Crippen LogP contribution >= 0.6 is 0 Å². The number of hydrogen-bond acceptors (Lipinski definition) is 3. The van der Waals surface area contributed by atoms with Crippen molar-refractivity contribution in [2.24, 2.45) is 46.3 Å². The summed E-state index contributed by atoms with van der Waals surface area (Å²) >= 11 is 0. The number of aliphatic hydroxyl groups is 3. The lowest BCUT2D eigenvalue weighted by Gasteiger charge is -2.59. The quantitative estimate of drug-likeness (QED) is 0.398. The Kier molecular flexibility index (Phi) is 5.99. The second-order valence-corrected chi connectivity index (χ2v) is 12.6. The summed E-state index contributed by atoms with van der Waals surface area (Å²) in [6.45, 7) is 12.1. The highest BCUT2D eigenvalue weighted by molar-refractivity contribution is 5.27. The van der Waals surface area contributed by atoms with Crippen molar-refractivity contribution in [1.82, 2.24) is 0 Å². The number of fused-ring (bicyclic) bond motifs is 5. The van der Waals surface area contributed by atoms with Crippen molar-refractivity contribution in [3.8, 4) is 0 Å². The van der Waals surface area contributed by atoms with Crippen molar-refractivity contribution in [2.75, 3.05) is 0 Å². The van der Waals surface area contributed by atoms with E-state index in [1.54, 1.807) is 0 Å². The van der Waals surface area contributed by atoms with Gasteiger partial charge in [-0.1, -0.05) is 65.5 Å². The molecule has 0 bridgehead atoms. The van der Waals surface area contributed by atoms with Crippen LogP contribution in [-0.4, -0.2) is 27.2 Å². The zero-order valence-electron chi connectivity index (χ0n) is 20.0. The van der Waals surface area contributed by atoms with Crippen LogP contribution in [0.1, 0.15) is 98.8 Å². The van der Waals surface area contributed by atoms with E-state index in [1.807, 2.05) is 0 Å². The largest absolute Gasteiger partial charge is 0.387 e. The molecule has 1 unspecified atom stereocenters. The summed E-state index contributed by atoms with van der Waals surface area (Å²) in [5.74, 6) is 2.60. The highest BCUT2D eigenvalue weighted by atomic mass is 16.5. The summed E-state index contributed by atoms with van der Waals surface area (Å²) in [6, 6.07) is 0. The second-order valence-electron chi connectivity index (χ2n) is 12.6. The molecule has 3 saturated carbocycles. The molecule has 0 aromatic carbocycles. The summed E-state index contributed by atoms with van der Waals surface area (Å²) < 4.78 is 0. The molecule has 4 aliphatic rings. The van der Waals surface area contributed by atoms with Crippen LogP contribution in [0.3, 0.4) is 0 Å². The fraction of sp³-hybridized carbons (Fsp3) is 0.926. The number of rotatable bonds is 5. The lowest BCUT2D eigenvalue weighted by atomic mass is 9.46. The van der Waals surface area contributed by atoms with Crippen LogP contribution < -0.4 is 0 Å². The fourth-order valence-corrected chi connectivity index (χ4v) is 8.70. The van der Waals surface area contributed by atoms with E-state index in [2.05, 4.69) is 40.7 Å². The van der Waals surface area contributed by atoms with Crippen LogP contribution in [0.2, 0.25) is 0 Å². The predicted molar refractivity (Wildman–Crippen MR) is 122 cm³/mol. The molecule has 4 rings (SSSR count). The van der Waals surface area contributed by atoms with E-state index in [-0.39, 0.29) is 11.8 Å². The van der Waals surface area contributed by atoms with E-state index in [1.165, 1.54) is 50.5 Å². The Morgan fingerprint density at radius 2 is 1.77 bits per heavy atom. The predicted octanol–water partition coefficient (Wildman–Crippen LogP) is 5.68. The molecule has 3 heteroatoms. The van der Waals surface area contributed by atoms with E-state index in [9.17, 15) is 15.3 Å². The molecule has 3 nitrogen and oxygen atoms in total. The smallest absolute Gasteiger partial charge is 0.193 e. The van der Waals surface area contributed by atoms with E-state index in [0.29, 0.717) is 23.7 Å². The van der Waals surface area contributed by atoms with E-state index < -0.39 is 11.9 Å². The summed E-state index contributed by atoms with van der Waals surface area (Å²) in [7, 11) is 0. The van der Waals surface area contributed by atoms with Gasteiger partial charge in [0.1, 0.15) is 6.10 Å². The van der Waals surface area contributed by atoms with Crippen LogP contribution in [0, 0.1) is 46.3 Å². The molecule has 0 heterocycles. The van der Waals surface area contributed by atoms with Crippen LogP contribution in [0.5, 0.6) is 0 Å². The third-order valence-electron chi connectivity index (χ3n) is 10.4. The van der Waals surface area contributed by atoms with E-state index in [0.717, 1.165) is 30.1 Å². The molecule has 0 aliphatic heterocycles. The van der Waals surface area contributed by atoms with Gasteiger partial charge in [0.15, 0.2) is 5.79 Å². The van der Waals surface area contributed by atoms with Crippen molar-refractivity contribution in [3.63, 3.8) is 0 Å². The van der Waals surface area contributed by atoms with Gasteiger partial charge in [-0.25, -0.2) is 0 Å².